The second-order valence-corrected chi connectivity index (χ2v) is 3.13. The van der Waals surface area contributed by atoms with Crippen LogP contribution >= 0.6 is 0 Å². The summed E-state index contributed by atoms with van der Waals surface area (Å²) in [6, 6.07) is 7.79. The Bertz CT molecular complexity index is 319. The second-order valence-electron chi connectivity index (χ2n) is 3.13. The van der Waals surface area contributed by atoms with E-state index in [4.69, 9.17) is 5.41 Å². The number of aliphatic hydroxyl groups excluding tert-OH is 1. The van der Waals surface area contributed by atoms with E-state index in [1.165, 1.54) is 5.56 Å². The van der Waals surface area contributed by atoms with Gasteiger partial charge in [0.05, 0.1) is 0 Å². The lowest BCUT2D eigenvalue weighted by Gasteiger charge is -2.21. The lowest BCUT2D eigenvalue weighted by Crippen LogP contribution is -2.18. The molecular weight excluding hydrogens is 150 g/mol. The van der Waals surface area contributed by atoms with Crippen LogP contribution in [-0.2, 0) is 6.42 Å². The van der Waals surface area contributed by atoms with Gasteiger partial charge in [0.2, 0.25) is 0 Å². The Hall–Kier alpha value is -1.15. The van der Waals surface area contributed by atoms with Gasteiger partial charge in [-0.05, 0) is 24.0 Å². The van der Waals surface area contributed by atoms with Crippen LogP contribution in [0.2, 0.25) is 0 Å². The number of hydrogen-bond acceptors (Lipinski definition) is 2. The molecule has 1 aliphatic carbocycles. The molecule has 12 heavy (non-hydrogen) atoms. The Labute approximate surface area is 71.4 Å². The molecule has 0 radical (unpaired) electrons. The predicted molar refractivity (Wildman–Crippen MR) is 47.4 cm³/mol. The van der Waals surface area contributed by atoms with E-state index < -0.39 is 6.10 Å². The molecular formula is C10H11NO. The first-order chi connectivity index (χ1) is 5.79. The third-order valence-electron chi connectivity index (χ3n) is 2.34. The molecule has 0 amide bonds. The molecule has 62 valence electrons. The summed E-state index contributed by atoms with van der Waals surface area (Å²) in [5, 5.41) is 17.1. The van der Waals surface area contributed by atoms with E-state index >= 15 is 0 Å². The summed E-state index contributed by atoms with van der Waals surface area (Å²) in [5.41, 5.74) is 2.53. The molecule has 0 saturated carbocycles. The van der Waals surface area contributed by atoms with E-state index in [9.17, 15) is 5.11 Å². The predicted octanol–water partition coefficient (Wildman–Crippen LogP) is 1.69. The maximum Gasteiger partial charge on any atom is 0.117 e. The number of hydrogen-bond donors (Lipinski definition) is 2. The monoisotopic (exact) mass is 161 g/mol. The first-order valence-corrected chi connectivity index (χ1v) is 4.12. The van der Waals surface area contributed by atoms with Crippen LogP contribution in [0, 0.1) is 5.41 Å². The van der Waals surface area contributed by atoms with Gasteiger partial charge in [-0.2, -0.15) is 0 Å². The van der Waals surface area contributed by atoms with Crippen molar-refractivity contribution in [3.8, 4) is 0 Å². The van der Waals surface area contributed by atoms with Crippen LogP contribution in [-0.4, -0.2) is 10.8 Å². The highest BCUT2D eigenvalue weighted by atomic mass is 16.3. The standard InChI is InChI=1S/C10H11NO/c11-9-6-5-7-3-1-2-4-8(7)10(9)12/h1-4,10-12H,5-6H2. The van der Waals surface area contributed by atoms with E-state index in [1.54, 1.807) is 0 Å². The number of fused-ring (bicyclic) bond motifs is 1. The van der Waals surface area contributed by atoms with Crippen LogP contribution in [0.5, 0.6) is 0 Å². The molecule has 1 aromatic rings. The Morgan fingerprint density at radius 3 is 2.83 bits per heavy atom. The highest BCUT2D eigenvalue weighted by molar-refractivity contribution is 5.88. The number of benzene rings is 1. The highest BCUT2D eigenvalue weighted by Gasteiger charge is 2.21. The van der Waals surface area contributed by atoms with Crippen LogP contribution in [0.25, 0.3) is 0 Å². The minimum Gasteiger partial charge on any atom is -0.382 e. The van der Waals surface area contributed by atoms with Crippen molar-refractivity contribution in [2.75, 3.05) is 0 Å². The zero-order chi connectivity index (χ0) is 8.55. The molecule has 0 saturated heterocycles. The van der Waals surface area contributed by atoms with Gasteiger partial charge in [0, 0.05) is 5.71 Å². The summed E-state index contributed by atoms with van der Waals surface area (Å²) in [6.45, 7) is 0. The van der Waals surface area contributed by atoms with E-state index in [0.717, 1.165) is 12.0 Å². The van der Waals surface area contributed by atoms with Crippen molar-refractivity contribution >= 4 is 5.71 Å². The van der Waals surface area contributed by atoms with Gasteiger partial charge >= 0.3 is 0 Å². The zero-order valence-electron chi connectivity index (χ0n) is 6.75. The summed E-state index contributed by atoms with van der Waals surface area (Å²) in [7, 11) is 0. The number of nitrogens with one attached hydrogen (secondary N) is 1. The Morgan fingerprint density at radius 2 is 2.00 bits per heavy atom. The fraction of sp³-hybridized carbons (Fsp3) is 0.300. The van der Waals surface area contributed by atoms with E-state index in [0.29, 0.717) is 12.1 Å². The Morgan fingerprint density at radius 1 is 1.25 bits per heavy atom. The maximum absolute atomic E-state index is 9.61. The van der Waals surface area contributed by atoms with Crippen molar-refractivity contribution in [3.63, 3.8) is 0 Å². The van der Waals surface area contributed by atoms with Crippen molar-refractivity contribution in [2.45, 2.75) is 18.9 Å². The molecule has 1 aliphatic rings. The van der Waals surface area contributed by atoms with Crippen LogP contribution in [0.1, 0.15) is 23.7 Å². The fourth-order valence-corrected chi connectivity index (χ4v) is 1.62. The van der Waals surface area contributed by atoms with E-state index in [-0.39, 0.29) is 0 Å². The highest BCUT2D eigenvalue weighted by Crippen LogP contribution is 2.26. The smallest absolute Gasteiger partial charge is 0.117 e. The van der Waals surface area contributed by atoms with Crippen LogP contribution in [0.3, 0.4) is 0 Å². The molecule has 2 nitrogen and oxygen atoms in total. The van der Waals surface area contributed by atoms with Crippen molar-refractivity contribution in [3.05, 3.63) is 35.4 Å². The molecule has 1 aromatic carbocycles. The number of aryl methyl sites for hydroxylation is 1. The molecule has 0 heterocycles. The summed E-state index contributed by atoms with van der Waals surface area (Å²) in [4.78, 5) is 0. The number of rotatable bonds is 0. The fourth-order valence-electron chi connectivity index (χ4n) is 1.62. The topological polar surface area (TPSA) is 44.1 Å². The third kappa shape index (κ3) is 1.04. The van der Waals surface area contributed by atoms with Crippen molar-refractivity contribution in [1.82, 2.24) is 0 Å². The lowest BCUT2D eigenvalue weighted by molar-refractivity contribution is 0.239. The van der Waals surface area contributed by atoms with Crippen molar-refractivity contribution in [1.29, 1.82) is 5.41 Å². The molecule has 0 aromatic heterocycles. The average Bonchev–Trinajstić information content (AvgIpc) is 2.12. The zero-order valence-corrected chi connectivity index (χ0v) is 6.75. The lowest BCUT2D eigenvalue weighted by atomic mass is 9.88. The van der Waals surface area contributed by atoms with E-state index in [2.05, 4.69) is 0 Å². The van der Waals surface area contributed by atoms with Crippen molar-refractivity contribution < 1.29 is 5.11 Å². The van der Waals surface area contributed by atoms with Crippen LogP contribution < -0.4 is 0 Å². The third-order valence-corrected chi connectivity index (χ3v) is 2.34. The SMILES string of the molecule is N=C1CCc2ccccc2C1O. The molecule has 1 unspecified atom stereocenters. The minimum atomic E-state index is -0.657. The van der Waals surface area contributed by atoms with Crippen molar-refractivity contribution in [2.24, 2.45) is 0 Å². The summed E-state index contributed by atoms with van der Waals surface area (Å²) >= 11 is 0. The van der Waals surface area contributed by atoms with Gasteiger partial charge in [0.15, 0.2) is 0 Å². The molecule has 2 N–H and O–H groups in total. The van der Waals surface area contributed by atoms with Gasteiger partial charge in [0.1, 0.15) is 6.10 Å². The van der Waals surface area contributed by atoms with Crippen LogP contribution in [0.4, 0.5) is 0 Å². The quantitative estimate of drug-likeness (QED) is 0.597. The normalized spacial score (nSPS) is 22.1. The number of aliphatic hydroxyl groups is 1. The second kappa shape index (κ2) is 2.72. The van der Waals surface area contributed by atoms with Gasteiger partial charge in [-0.3, -0.25) is 0 Å². The molecule has 2 rings (SSSR count). The molecule has 1 atom stereocenters. The van der Waals surface area contributed by atoms with Gasteiger partial charge in [0.25, 0.3) is 0 Å². The molecule has 0 spiro atoms. The van der Waals surface area contributed by atoms with E-state index in [1.807, 2.05) is 24.3 Å². The summed E-state index contributed by atoms with van der Waals surface area (Å²) in [6.07, 6.45) is 0.930. The van der Waals surface area contributed by atoms with Gasteiger partial charge in [-0.25, -0.2) is 0 Å². The Kier molecular flexibility index (Phi) is 1.70. The Balaban J connectivity index is 2.48. The molecule has 0 fully saturated rings. The molecule has 2 heteroatoms. The summed E-state index contributed by atoms with van der Waals surface area (Å²) in [5.74, 6) is 0. The van der Waals surface area contributed by atoms with Gasteiger partial charge < -0.3 is 10.5 Å². The first-order valence-electron chi connectivity index (χ1n) is 4.12. The molecule has 0 aliphatic heterocycles. The largest absolute Gasteiger partial charge is 0.382 e. The van der Waals surface area contributed by atoms with Gasteiger partial charge in [-0.15, -0.1) is 0 Å². The van der Waals surface area contributed by atoms with Crippen LogP contribution in [0.15, 0.2) is 24.3 Å². The van der Waals surface area contributed by atoms with Gasteiger partial charge in [-0.1, -0.05) is 24.3 Å². The maximum atomic E-state index is 9.61. The average molecular weight is 161 g/mol. The summed E-state index contributed by atoms with van der Waals surface area (Å²) < 4.78 is 0. The minimum absolute atomic E-state index is 0.439. The first kappa shape index (κ1) is 7.50. The molecule has 0 bridgehead atoms.